The Labute approximate surface area is 150 Å². The fourth-order valence-electron chi connectivity index (χ4n) is 2.07. The van der Waals surface area contributed by atoms with Gasteiger partial charge in [0, 0.05) is 23.0 Å². The van der Waals surface area contributed by atoms with E-state index in [1.165, 1.54) is 13.2 Å². The number of nitrogens with one attached hydrogen (secondary N) is 2. The highest BCUT2D eigenvalue weighted by molar-refractivity contribution is 7.80. The normalized spacial score (nSPS) is 10.1. The monoisotopic (exact) mass is 364 g/mol. The Kier molecular flexibility index (Phi) is 6.52. The van der Waals surface area contributed by atoms with Crippen LogP contribution in [0.2, 0.25) is 5.02 Å². The molecule has 2 N–H and O–H groups in total. The average Bonchev–Trinajstić information content (AvgIpc) is 2.58. The van der Waals surface area contributed by atoms with Crippen molar-refractivity contribution in [3.8, 4) is 5.75 Å². The number of hydrogen-bond donors (Lipinski definition) is 3. The molecule has 7 heteroatoms. The number of thiol groups is 1. The summed E-state index contributed by atoms with van der Waals surface area (Å²) in [6, 6.07) is 11.8. The van der Waals surface area contributed by atoms with Crippen molar-refractivity contribution in [2.45, 2.75) is 4.90 Å². The summed E-state index contributed by atoms with van der Waals surface area (Å²) in [5.41, 5.74) is 0.834. The fourth-order valence-corrected chi connectivity index (χ4v) is 2.50. The zero-order chi connectivity index (χ0) is 17.5. The van der Waals surface area contributed by atoms with E-state index in [-0.39, 0.29) is 24.9 Å². The van der Waals surface area contributed by atoms with E-state index in [0.29, 0.717) is 26.8 Å². The minimum Gasteiger partial charge on any atom is -0.496 e. The summed E-state index contributed by atoms with van der Waals surface area (Å²) in [5.74, 6) is -0.127. The first kappa shape index (κ1) is 18.2. The number of carbonyl (C=O) groups is 2. The van der Waals surface area contributed by atoms with Crippen LogP contribution in [0.5, 0.6) is 5.75 Å². The Bertz CT molecular complexity index is 752. The van der Waals surface area contributed by atoms with Crippen molar-refractivity contribution in [3.63, 3.8) is 0 Å². The van der Waals surface area contributed by atoms with E-state index in [1.54, 1.807) is 36.4 Å². The molecule has 2 amide bonds. The molecular weight excluding hydrogens is 348 g/mol. The molecule has 0 bridgehead atoms. The zero-order valence-corrected chi connectivity index (χ0v) is 14.7. The van der Waals surface area contributed by atoms with Gasteiger partial charge in [-0.3, -0.25) is 9.59 Å². The topological polar surface area (TPSA) is 67.4 Å². The second-order valence-corrected chi connectivity index (χ2v) is 5.79. The Balaban J connectivity index is 1.86. The predicted molar refractivity (Wildman–Crippen MR) is 96.4 cm³/mol. The molecule has 0 aromatic heterocycles. The van der Waals surface area contributed by atoms with Crippen LogP contribution in [0.1, 0.15) is 20.7 Å². The predicted octanol–water partition coefficient (Wildman–Crippen LogP) is 2.80. The molecule has 24 heavy (non-hydrogen) atoms. The Morgan fingerprint density at radius 3 is 2.29 bits per heavy atom. The highest BCUT2D eigenvalue weighted by Crippen LogP contribution is 2.22. The Morgan fingerprint density at radius 1 is 1.04 bits per heavy atom. The largest absolute Gasteiger partial charge is 0.496 e. The van der Waals surface area contributed by atoms with Crippen LogP contribution < -0.4 is 15.4 Å². The molecule has 2 rings (SSSR count). The number of hydrogen-bond acceptors (Lipinski definition) is 4. The number of halogens is 1. The minimum absolute atomic E-state index is 0.241. The van der Waals surface area contributed by atoms with Crippen LogP contribution in [0.15, 0.2) is 47.4 Å². The highest BCUT2D eigenvalue weighted by Gasteiger charge is 2.13. The van der Waals surface area contributed by atoms with E-state index in [0.717, 1.165) is 0 Å². The van der Waals surface area contributed by atoms with Crippen LogP contribution in [0.4, 0.5) is 0 Å². The smallest absolute Gasteiger partial charge is 0.255 e. The first-order chi connectivity index (χ1) is 11.5. The van der Waals surface area contributed by atoms with E-state index in [1.807, 2.05) is 0 Å². The van der Waals surface area contributed by atoms with Crippen molar-refractivity contribution in [2.24, 2.45) is 0 Å². The molecule has 0 aliphatic rings. The van der Waals surface area contributed by atoms with Gasteiger partial charge in [0.1, 0.15) is 5.75 Å². The molecule has 2 aromatic rings. The summed E-state index contributed by atoms with van der Waals surface area (Å²) >= 11 is 10.1. The van der Waals surface area contributed by atoms with E-state index in [2.05, 4.69) is 23.3 Å². The van der Waals surface area contributed by atoms with Gasteiger partial charge < -0.3 is 15.4 Å². The number of benzene rings is 2. The van der Waals surface area contributed by atoms with Gasteiger partial charge in [0.25, 0.3) is 11.8 Å². The maximum absolute atomic E-state index is 12.2. The van der Waals surface area contributed by atoms with Crippen LogP contribution in [-0.4, -0.2) is 32.0 Å². The maximum atomic E-state index is 12.2. The number of rotatable bonds is 6. The Hall–Kier alpha value is -2.18. The third-order valence-corrected chi connectivity index (χ3v) is 3.88. The van der Waals surface area contributed by atoms with Gasteiger partial charge in [0.15, 0.2) is 0 Å². The molecular formula is C17H17ClN2O3S. The molecule has 0 spiro atoms. The lowest BCUT2D eigenvalue weighted by atomic mass is 10.2. The van der Waals surface area contributed by atoms with E-state index in [4.69, 9.17) is 16.3 Å². The van der Waals surface area contributed by atoms with Gasteiger partial charge in [-0.15, -0.1) is 12.6 Å². The molecule has 0 atom stereocenters. The minimum atomic E-state index is -0.321. The second-order valence-electron chi connectivity index (χ2n) is 4.87. The van der Waals surface area contributed by atoms with Crippen molar-refractivity contribution in [1.29, 1.82) is 0 Å². The molecule has 0 aliphatic heterocycles. The van der Waals surface area contributed by atoms with Crippen LogP contribution in [0.3, 0.4) is 0 Å². The Morgan fingerprint density at radius 2 is 1.67 bits per heavy atom. The third kappa shape index (κ3) is 4.66. The number of carbonyl (C=O) groups excluding carboxylic acids is 2. The van der Waals surface area contributed by atoms with Gasteiger partial charge in [0.05, 0.1) is 18.2 Å². The van der Waals surface area contributed by atoms with Crippen molar-refractivity contribution >= 4 is 36.0 Å². The van der Waals surface area contributed by atoms with Crippen molar-refractivity contribution in [1.82, 2.24) is 10.6 Å². The van der Waals surface area contributed by atoms with Gasteiger partial charge in [-0.25, -0.2) is 0 Å². The van der Waals surface area contributed by atoms with Gasteiger partial charge in [-0.05, 0) is 30.3 Å². The quantitative estimate of drug-likeness (QED) is 0.545. The molecule has 0 saturated carbocycles. The lowest BCUT2D eigenvalue weighted by molar-refractivity contribution is 0.0924. The van der Waals surface area contributed by atoms with E-state index < -0.39 is 0 Å². The van der Waals surface area contributed by atoms with Crippen molar-refractivity contribution < 1.29 is 14.3 Å². The molecule has 0 fully saturated rings. The first-order valence-corrected chi connectivity index (χ1v) is 8.03. The van der Waals surface area contributed by atoms with Crippen LogP contribution >= 0.6 is 24.2 Å². The summed E-state index contributed by atoms with van der Waals surface area (Å²) in [4.78, 5) is 24.8. The molecule has 0 aliphatic carbocycles. The maximum Gasteiger partial charge on any atom is 0.255 e. The van der Waals surface area contributed by atoms with Crippen molar-refractivity contribution in [2.75, 3.05) is 20.2 Å². The highest BCUT2D eigenvalue weighted by atomic mass is 35.5. The summed E-state index contributed by atoms with van der Waals surface area (Å²) in [7, 11) is 1.48. The summed E-state index contributed by atoms with van der Waals surface area (Å²) < 4.78 is 5.14. The zero-order valence-electron chi connectivity index (χ0n) is 13.0. The standard InChI is InChI=1S/C17H17ClN2O3S/c1-23-14-7-6-11(18)10-13(14)17(22)20-9-8-19-16(21)12-4-2-3-5-15(12)24/h2-7,10,24H,8-9H2,1H3,(H,19,21)(H,20,22). The number of methoxy groups -OCH3 is 1. The summed E-state index contributed by atoms with van der Waals surface area (Å²) in [6.07, 6.45) is 0. The van der Waals surface area contributed by atoms with Gasteiger partial charge in [-0.1, -0.05) is 23.7 Å². The lowest BCUT2D eigenvalue weighted by Crippen LogP contribution is -2.35. The average molecular weight is 365 g/mol. The SMILES string of the molecule is COc1ccc(Cl)cc1C(=O)NCCNC(=O)c1ccccc1S. The third-order valence-electron chi connectivity index (χ3n) is 3.25. The van der Waals surface area contributed by atoms with E-state index >= 15 is 0 Å². The van der Waals surface area contributed by atoms with Crippen LogP contribution in [0.25, 0.3) is 0 Å². The molecule has 2 aromatic carbocycles. The molecule has 0 radical (unpaired) electrons. The molecule has 5 nitrogen and oxygen atoms in total. The number of ether oxygens (including phenoxy) is 1. The van der Waals surface area contributed by atoms with Crippen LogP contribution in [0, 0.1) is 0 Å². The fraction of sp³-hybridized carbons (Fsp3) is 0.176. The first-order valence-electron chi connectivity index (χ1n) is 7.21. The molecule has 0 heterocycles. The van der Waals surface area contributed by atoms with Gasteiger partial charge >= 0.3 is 0 Å². The molecule has 0 unspecified atom stereocenters. The number of amides is 2. The summed E-state index contributed by atoms with van der Waals surface area (Å²) in [6.45, 7) is 0.560. The molecule has 0 saturated heterocycles. The lowest BCUT2D eigenvalue weighted by Gasteiger charge is -2.11. The van der Waals surface area contributed by atoms with Gasteiger partial charge in [0.2, 0.25) is 0 Å². The van der Waals surface area contributed by atoms with E-state index in [9.17, 15) is 9.59 Å². The summed E-state index contributed by atoms with van der Waals surface area (Å²) in [5, 5.41) is 5.88. The second kappa shape index (κ2) is 8.61. The van der Waals surface area contributed by atoms with Crippen LogP contribution in [-0.2, 0) is 0 Å². The van der Waals surface area contributed by atoms with Gasteiger partial charge in [-0.2, -0.15) is 0 Å². The molecule has 126 valence electrons. The van der Waals surface area contributed by atoms with Crippen molar-refractivity contribution in [3.05, 3.63) is 58.6 Å².